The number of likely N-dealkylation sites (tertiary alicyclic amines) is 1. The van der Waals surface area contributed by atoms with Crippen molar-refractivity contribution in [1.82, 2.24) is 9.88 Å². The van der Waals surface area contributed by atoms with Crippen molar-refractivity contribution in [3.63, 3.8) is 0 Å². The van der Waals surface area contributed by atoms with E-state index in [1.165, 1.54) is 18.3 Å². The lowest BCUT2D eigenvalue weighted by molar-refractivity contribution is -0.127. The zero-order chi connectivity index (χ0) is 15.0. The summed E-state index contributed by atoms with van der Waals surface area (Å²) in [6.45, 7) is 3.37. The number of rotatable bonds is 2. The number of halogens is 1. The lowest BCUT2D eigenvalue weighted by Gasteiger charge is -2.29. The van der Waals surface area contributed by atoms with Gasteiger partial charge in [0.05, 0.1) is 5.56 Å². The van der Waals surface area contributed by atoms with Gasteiger partial charge in [0.15, 0.2) is 0 Å². The first kappa shape index (κ1) is 13.8. The molecule has 5 heteroatoms. The van der Waals surface area contributed by atoms with Crippen molar-refractivity contribution in [2.75, 3.05) is 13.1 Å². The van der Waals surface area contributed by atoms with Crippen LogP contribution in [-0.2, 0) is 4.79 Å². The van der Waals surface area contributed by atoms with E-state index < -0.39 is 17.5 Å². The summed E-state index contributed by atoms with van der Waals surface area (Å²) >= 11 is 0. The number of amides is 1. The molecule has 1 aliphatic rings. The number of nitrogens with zero attached hydrogens (tertiary/aromatic N) is 1. The lowest BCUT2D eigenvalue weighted by Crippen LogP contribution is -2.41. The van der Waals surface area contributed by atoms with Gasteiger partial charge in [0, 0.05) is 30.2 Å². The summed E-state index contributed by atoms with van der Waals surface area (Å²) in [5.74, 6) is -0.893. The molecule has 1 aromatic heterocycles. The number of aromatic amines is 1. The minimum atomic E-state index is -0.568. The van der Waals surface area contributed by atoms with Gasteiger partial charge in [-0.2, -0.15) is 0 Å². The maximum atomic E-state index is 13.3. The molecule has 1 aliphatic heterocycles. The topological polar surface area (TPSA) is 53.2 Å². The van der Waals surface area contributed by atoms with Crippen LogP contribution in [0.5, 0.6) is 0 Å². The van der Waals surface area contributed by atoms with E-state index in [2.05, 4.69) is 11.9 Å². The number of hydrogen-bond donors (Lipinski definition) is 1. The number of benzene rings is 1. The quantitative estimate of drug-likeness (QED) is 0.682. The second-order valence-electron chi connectivity index (χ2n) is 5.70. The van der Waals surface area contributed by atoms with Crippen LogP contribution >= 0.6 is 0 Å². The molecule has 0 unspecified atom stereocenters. The standard InChI is InChI=1S/C16H17FN2O2/c1-10-4-6-19(7-5-10)16(21)15(20)13-9-18-14-3-2-11(17)8-12(13)14/h2-3,8-10,18H,4-7H2,1H3. The molecular formula is C16H17FN2O2. The van der Waals surface area contributed by atoms with E-state index in [-0.39, 0.29) is 5.56 Å². The van der Waals surface area contributed by atoms with Crippen molar-refractivity contribution < 1.29 is 14.0 Å². The van der Waals surface area contributed by atoms with Gasteiger partial charge in [0.2, 0.25) is 0 Å². The van der Waals surface area contributed by atoms with Gasteiger partial charge in [-0.1, -0.05) is 6.92 Å². The van der Waals surface area contributed by atoms with Gasteiger partial charge in [0.25, 0.3) is 11.7 Å². The molecule has 0 bridgehead atoms. The van der Waals surface area contributed by atoms with Crippen molar-refractivity contribution in [3.8, 4) is 0 Å². The summed E-state index contributed by atoms with van der Waals surface area (Å²) in [5, 5.41) is 0.457. The van der Waals surface area contributed by atoms with E-state index in [1.807, 2.05) is 0 Å². The van der Waals surface area contributed by atoms with Crippen LogP contribution in [0.4, 0.5) is 4.39 Å². The molecule has 0 aliphatic carbocycles. The number of piperidine rings is 1. The highest BCUT2D eigenvalue weighted by atomic mass is 19.1. The number of ketones is 1. The first-order valence-corrected chi connectivity index (χ1v) is 7.16. The van der Waals surface area contributed by atoms with Crippen LogP contribution in [0, 0.1) is 11.7 Å². The van der Waals surface area contributed by atoms with Gasteiger partial charge < -0.3 is 9.88 Å². The Labute approximate surface area is 121 Å². The minimum absolute atomic E-state index is 0.244. The fourth-order valence-corrected chi connectivity index (χ4v) is 2.75. The van der Waals surface area contributed by atoms with Gasteiger partial charge in [0.1, 0.15) is 5.82 Å². The van der Waals surface area contributed by atoms with Crippen molar-refractivity contribution in [3.05, 3.63) is 35.8 Å². The van der Waals surface area contributed by atoms with Gasteiger partial charge in [-0.3, -0.25) is 9.59 Å². The molecule has 1 amide bonds. The maximum absolute atomic E-state index is 13.3. The number of carbonyl (C=O) groups excluding carboxylic acids is 2. The fraction of sp³-hybridized carbons (Fsp3) is 0.375. The Kier molecular flexibility index (Phi) is 3.49. The van der Waals surface area contributed by atoms with Crippen LogP contribution in [0.3, 0.4) is 0 Å². The zero-order valence-corrected chi connectivity index (χ0v) is 11.9. The first-order valence-electron chi connectivity index (χ1n) is 7.16. The van der Waals surface area contributed by atoms with Gasteiger partial charge >= 0.3 is 0 Å². The summed E-state index contributed by atoms with van der Waals surface area (Å²) < 4.78 is 13.3. The third-order valence-corrected chi connectivity index (χ3v) is 4.15. The summed E-state index contributed by atoms with van der Waals surface area (Å²) in [5.41, 5.74) is 0.896. The van der Waals surface area contributed by atoms with Crippen LogP contribution in [0.25, 0.3) is 10.9 Å². The smallest absolute Gasteiger partial charge is 0.295 e. The summed E-state index contributed by atoms with van der Waals surface area (Å²) in [6, 6.07) is 4.17. The number of carbonyl (C=O) groups is 2. The Balaban J connectivity index is 1.86. The molecule has 4 nitrogen and oxygen atoms in total. The predicted molar refractivity (Wildman–Crippen MR) is 77.6 cm³/mol. The van der Waals surface area contributed by atoms with E-state index in [1.54, 1.807) is 11.0 Å². The van der Waals surface area contributed by atoms with Crippen molar-refractivity contribution in [2.45, 2.75) is 19.8 Å². The van der Waals surface area contributed by atoms with Crippen LogP contribution in [0.1, 0.15) is 30.1 Å². The molecule has 110 valence electrons. The minimum Gasteiger partial charge on any atom is -0.360 e. The molecule has 2 heterocycles. The van der Waals surface area contributed by atoms with Crippen LogP contribution in [0.2, 0.25) is 0 Å². The lowest BCUT2D eigenvalue weighted by atomic mass is 9.98. The monoisotopic (exact) mass is 288 g/mol. The molecule has 1 N–H and O–H groups in total. The van der Waals surface area contributed by atoms with E-state index in [0.29, 0.717) is 29.9 Å². The Morgan fingerprint density at radius 1 is 1.29 bits per heavy atom. The Morgan fingerprint density at radius 3 is 2.71 bits per heavy atom. The molecule has 1 fully saturated rings. The van der Waals surface area contributed by atoms with E-state index in [0.717, 1.165) is 12.8 Å². The Morgan fingerprint density at radius 2 is 2.00 bits per heavy atom. The molecule has 0 saturated carbocycles. The number of fused-ring (bicyclic) bond motifs is 1. The SMILES string of the molecule is CC1CCN(C(=O)C(=O)c2c[nH]c3ccc(F)cc23)CC1. The molecular weight excluding hydrogens is 271 g/mol. The zero-order valence-electron chi connectivity index (χ0n) is 11.9. The Hall–Kier alpha value is -2.17. The highest BCUT2D eigenvalue weighted by molar-refractivity contribution is 6.44. The Bertz CT molecular complexity index is 699. The van der Waals surface area contributed by atoms with E-state index in [9.17, 15) is 14.0 Å². The fourth-order valence-electron chi connectivity index (χ4n) is 2.75. The average molecular weight is 288 g/mol. The largest absolute Gasteiger partial charge is 0.360 e. The van der Waals surface area contributed by atoms with Crippen molar-refractivity contribution in [2.24, 2.45) is 5.92 Å². The molecule has 1 aromatic carbocycles. The maximum Gasteiger partial charge on any atom is 0.295 e. The predicted octanol–water partition coefficient (Wildman–Crippen LogP) is 2.75. The van der Waals surface area contributed by atoms with Gasteiger partial charge in [-0.25, -0.2) is 4.39 Å². The van der Waals surface area contributed by atoms with Gasteiger partial charge in [-0.15, -0.1) is 0 Å². The number of hydrogen-bond acceptors (Lipinski definition) is 2. The summed E-state index contributed by atoms with van der Waals surface area (Å²) in [4.78, 5) is 29.2. The third kappa shape index (κ3) is 2.55. The molecule has 21 heavy (non-hydrogen) atoms. The molecule has 1 saturated heterocycles. The second-order valence-corrected chi connectivity index (χ2v) is 5.70. The highest BCUT2D eigenvalue weighted by Crippen LogP contribution is 2.22. The van der Waals surface area contributed by atoms with Crippen molar-refractivity contribution in [1.29, 1.82) is 0 Å². The molecule has 0 radical (unpaired) electrons. The van der Waals surface area contributed by atoms with Crippen LogP contribution in [-0.4, -0.2) is 34.7 Å². The van der Waals surface area contributed by atoms with Crippen LogP contribution in [0.15, 0.2) is 24.4 Å². The molecule has 0 atom stereocenters. The molecule has 2 aromatic rings. The average Bonchev–Trinajstić information content (AvgIpc) is 2.89. The van der Waals surface area contributed by atoms with E-state index in [4.69, 9.17) is 0 Å². The normalized spacial score (nSPS) is 16.4. The molecule has 0 spiro atoms. The highest BCUT2D eigenvalue weighted by Gasteiger charge is 2.27. The number of nitrogens with one attached hydrogen (secondary N) is 1. The molecule has 3 rings (SSSR count). The second kappa shape index (κ2) is 5.31. The summed E-state index contributed by atoms with van der Waals surface area (Å²) in [7, 11) is 0. The first-order chi connectivity index (χ1) is 10.1. The van der Waals surface area contributed by atoms with Crippen LogP contribution < -0.4 is 0 Å². The number of aromatic nitrogens is 1. The van der Waals surface area contributed by atoms with E-state index >= 15 is 0 Å². The third-order valence-electron chi connectivity index (χ3n) is 4.15. The number of H-pyrrole nitrogens is 1. The summed E-state index contributed by atoms with van der Waals surface area (Å²) in [6.07, 6.45) is 3.32. The number of Topliss-reactive ketones (excluding diaryl/α,β-unsaturated/α-hetero) is 1. The van der Waals surface area contributed by atoms with Gasteiger partial charge in [-0.05, 0) is 37.0 Å². The van der Waals surface area contributed by atoms with Crippen molar-refractivity contribution >= 4 is 22.6 Å².